The number of halogens is 4. The predicted octanol–water partition coefficient (Wildman–Crippen LogP) is 3.64. The fraction of sp³-hybridized carbons (Fsp3) is 0.538. The third kappa shape index (κ3) is 3.05. The van der Waals surface area contributed by atoms with Gasteiger partial charge >= 0.3 is 6.18 Å². The molecule has 0 aliphatic carbocycles. The minimum Gasteiger partial charge on any atom is -0.368 e. The van der Waals surface area contributed by atoms with Crippen LogP contribution < -0.4 is 10.6 Å². The Morgan fingerprint density at radius 1 is 1.42 bits per heavy atom. The second-order valence-corrected chi connectivity index (χ2v) is 5.86. The molecule has 1 aliphatic rings. The lowest BCUT2D eigenvalue weighted by Crippen LogP contribution is -2.28. The minimum atomic E-state index is -4.31. The Balaban J connectivity index is 2.27. The third-order valence-electron chi connectivity index (χ3n) is 3.58. The maximum absolute atomic E-state index is 12.6. The van der Waals surface area contributed by atoms with Crippen LogP contribution in [0.5, 0.6) is 0 Å². The van der Waals surface area contributed by atoms with E-state index < -0.39 is 11.7 Å². The Labute approximate surface area is 118 Å². The highest BCUT2D eigenvalue weighted by Gasteiger charge is 2.33. The Bertz CT molecular complexity index is 462. The van der Waals surface area contributed by atoms with Crippen LogP contribution in [0.4, 0.5) is 18.9 Å². The first-order chi connectivity index (χ1) is 8.82. The number of hydrogen-bond acceptors (Lipinski definition) is 2. The number of rotatable bonds is 2. The highest BCUT2D eigenvalue weighted by Crippen LogP contribution is 2.38. The van der Waals surface area contributed by atoms with Crippen molar-refractivity contribution in [3.63, 3.8) is 0 Å². The van der Waals surface area contributed by atoms with Crippen molar-refractivity contribution in [2.75, 3.05) is 18.0 Å². The normalized spacial score (nSPS) is 24.0. The molecule has 0 saturated carbocycles. The molecule has 106 valence electrons. The standard InChI is InChI=1S/C13H16BrF3N2/c1-8-4-9(6-18)7-19(8)12-3-2-10(5-11(12)14)13(15,16)17/h2-3,5,8-9H,4,6-7,18H2,1H3. The van der Waals surface area contributed by atoms with Crippen molar-refractivity contribution in [1.82, 2.24) is 0 Å². The molecule has 1 aromatic carbocycles. The van der Waals surface area contributed by atoms with E-state index in [1.54, 1.807) is 0 Å². The second-order valence-electron chi connectivity index (χ2n) is 5.00. The predicted molar refractivity (Wildman–Crippen MR) is 73.1 cm³/mol. The molecule has 1 aromatic rings. The zero-order chi connectivity index (χ0) is 14.2. The van der Waals surface area contributed by atoms with Crippen LogP contribution in [0.1, 0.15) is 18.9 Å². The molecule has 0 radical (unpaired) electrons. The summed E-state index contributed by atoms with van der Waals surface area (Å²) >= 11 is 3.25. The molecule has 0 aromatic heterocycles. The first-order valence-electron chi connectivity index (χ1n) is 6.16. The Hall–Kier alpha value is -0.750. The summed E-state index contributed by atoms with van der Waals surface area (Å²) in [6.07, 6.45) is -3.33. The lowest BCUT2D eigenvalue weighted by Gasteiger charge is -2.25. The zero-order valence-corrected chi connectivity index (χ0v) is 12.1. The summed E-state index contributed by atoms with van der Waals surface area (Å²) in [6.45, 7) is 3.47. The number of alkyl halides is 3. The summed E-state index contributed by atoms with van der Waals surface area (Å²) in [5.41, 5.74) is 5.84. The molecule has 2 atom stereocenters. The number of nitrogens with zero attached hydrogens (tertiary/aromatic N) is 1. The lowest BCUT2D eigenvalue weighted by molar-refractivity contribution is -0.137. The molecule has 1 heterocycles. The largest absolute Gasteiger partial charge is 0.416 e. The van der Waals surface area contributed by atoms with Crippen molar-refractivity contribution in [2.45, 2.75) is 25.6 Å². The van der Waals surface area contributed by atoms with E-state index in [1.165, 1.54) is 6.07 Å². The molecule has 2 N–H and O–H groups in total. The fourth-order valence-corrected chi connectivity index (χ4v) is 3.17. The molecule has 0 spiro atoms. The van der Waals surface area contributed by atoms with Gasteiger partial charge in [0.15, 0.2) is 0 Å². The van der Waals surface area contributed by atoms with Crippen LogP contribution in [0.15, 0.2) is 22.7 Å². The summed E-state index contributed by atoms with van der Waals surface area (Å²) in [5.74, 6) is 0.407. The highest BCUT2D eigenvalue weighted by atomic mass is 79.9. The van der Waals surface area contributed by atoms with E-state index in [-0.39, 0.29) is 0 Å². The van der Waals surface area contributed by atoms with Crippen molar-refractivity contribution in [2.24, 2.45) is 11.7 Å². The van der Waals surface area contributed by atoms with Crippen LogP contribution >= 0.6 is 15.9 Å². The zero-order valence-electron chi connectivity index (χ0n) is 10.5. The summed E-state index contributed by atoms with van der Waals surface area (Å²) in [5, 5.41) is 0. The smallest absolute Gasteiger partial charge is 0.368 e. The van der Waals surface area contributed by atoms with Crippen LogP contribution in [0.2, 0.25) is 0 Å². The lowest BCUT2D eigenvalue weighted by atomic mass is 10.1. The van der Waals surface area contributed by atoms with Crippen molar-refractivity contribution in [3.05, 3.63) is 28.2 Å². The first kappa shape index (κ1) is 14.7. The van der Waals surface area contributed by atoms with Gasteiger partial charge in [-0.05, 0) is 59.9 Å². The van der Waals surface area contributed by atoms with E-state index in [0.717, 1.165) is 30.8 Å². The van der Waals surface area contributed by atoms with Gasteiger partial charge in [-0.25, -0.2) is 0 Å². The number of benzene rings is 1. The summed E-state index contributed by atoms with van der Waals surface area (Å²) in [6, 6.07) is 4.09. The molecule has 2 rings (SSSR count). The average Bonchev–Trinajstić information content (AvgIpc) is 2.69. The molecule has 0 bridgehead atoms. The van der Waals surface area contributed by atoms with Gasteiger partial charge in [0.25, 0.3) is 0 Å². The maximum Gasteiger partial charge on any atom is 0.416 e. The molecule has 1 aliphatic heterocycles. The van der Waals surface area contributed by atoms with Crippen molar-refractivity contribution < 1.29 is 13.2 Å². The molecule has 2 nitrogen and oxygen atoms in total. The van der Waals surface area contributed by atoms with E-state index in [4.69, 9.17) is 5.73 Å². The highest BCUT2D eigenvalue weighted by molar-refractivity contribution is 9.10. The molecule has 1 saturated heterocycles. The van der Waals surface area contributed by atoms with Crippen LogP contribution in [0, 0.1) is 5.92 Å². The van der Waals surface area contributed by atoms with Gasteiger partial charge in [0.1, 0.15) is 0 Å². The van der Waals surface area contributed by atoms with Gasteiger partial charge < -0.3 is 10.6 Å². The van der Waals surface area contributed by atoms with Gasteiger partial charge in [-0.15, -0.1) is 0 Å². The SMILES string of the molecule is CC1CC(CN)CN1c1ccc(C(F)(F)F)cc1Br. The van der Waals surface area contributed by atoms with Gasteiger partial charge in [0.2, 0.25) is 0 Å². The molecular weight excluding hydrogens is 321 g/mol. The van der Waals surface area contributed by atoms with E-state index in [9.17, 15) is 13.2 Å². The molecule has 0 amide bonds. The quantitative estimate of drug-likeness (QED) is 0.893. The van der Waals surface area contributed by atoms with E-state index in [1.807, 2.05) is 0 Å². The Kier molecular flexibility index (Phi) is 4.11. The van der Waals surface area contributed by atoms with Crippen LogP contribution in [0.25, 0.3) is 0 Å². The molecule has 6 heteroatoms. The van der Waals surface area contributed by atoms with Crippen LogP contribution in [-0.4, -0.2) is 19.1 Å². The topological polar surface area (TPSA) is 29.3 Å². The van der Waals surface area contributed by atoms with Gasteiger partial charge in [-0.3, -0.25) is 0 Å². The van der Waals surface area contributed by atoms with Crippen LogP contribution in [0.3, 0.4) is 0 Å². The summed E-state index contributed by atoms with van der Waals surface area (Å²) < 4.78 is 38.3. The fourth-order valence-electron chi connectivity index (χ4n) is 2.56. The van der Waals surface area contributed by atoms with E-state index in [0.29, 0.717) is 23.0 Å². The monoisotopic (exact) mass is 336 g/mol. The van der Waals surface area contributed by atoms with Crippen molar-refractivity contribution in [1.29, 1.82) is 0 Å². The average molecular weight is 337 g/mol. The maximum atomic E-state index is 12.6. The van der Waals surface area contributed by atoms with Gasteiger partial charge in [0, 0.05) is 17.1 Å². The molecule has 1 fully saturated rings. The molecule has 19 heavy (non-hydrogen) atoms. The third-order valence-corrected chi connectivity index (χ3v) is 4.21. The number of hydrogen-bond donors (Lipinski definition) is 1. The van der Waals surface area contributed by atoms with Crippen molar-refractivity contribution in [3.8, 4) is 0 Å². The van der Waals surface area contributed by atoms with Crippen molar-refractivity contribution >= 4 is 21.6 Å². The van der Waals surface area contributed by atoms with Gasteiger partial charge in [-0.1, -0.05) is 0 Å². The van der Waals surface area contributed by atoms with Crippen LogP contribution in [-0.2, 0) is 6.18 Å². The number of anilines is 1. The summed E-state index contributed by atoms with van der Waals surface area (Å²) in [7, 11) is 0. The van der Waals surface area contributed by atoms with E-state index in [2.05, 4.69) is 27.8 Å². The minimum absolute atomic E-state index is 0.293. The van der Waals surface area contributed by atoms with Gasteiger partial charge in [0.05, 0.1) is 11.3 Å². The number of nitrogens with two attached hydrogens (primary N) is 1. The van der Waals surface area contributed by atoms with E-state index >= 15 is 0 Å². The van der Waals surface area contributed by atoms with Gasteiger partial charge in [-0.2, -0.15) is 13.2 Å². The Morgan fingerprint density at radius 3 is 2.58 bits per heavy atom. The summed E-state index contributed by atoms with van der Waals surface area (Å²) in [4.78, 5) is 2.11. The molecular formula is C13H16BrF3N2. The second kappa shape index (κ2) is 5.32. The molecule has 2 unspecified atom stereocenters. The Morgan fingerprint density at radius 2 is 2.11 bits per heavy atom. The first-order valence-corrected chi connectivity index (χ1v) is 6.95.